The number of nitrogens with zero attached hydrogens (tertiary/aromatic N) is 2. The molecule has 6 nitrogen and oxygen atoms in total. The lowest BCUT2D eigenvalue weighted by atomic mass is 10.1. The number of alkyl halides is 1. The predicted octanol–water partition coefficient (Wildman–Crippen LogP) is 3.00. The Morgan fingerprint density at radius 1 is 1.22 bits per heavy atom. The van der Waals surface area contributed by atoms with Gasteiger partial charge in [-0.3, -0.25) is 4.90 Å². The molecule has 7 heteroatoms. The molecule has 27 heavy (non-hydrogen) atoms. The number of carboxylic acids is 1. The van der Waals surface area contributed by atoms with E-state index in [1.807, 2.05) is 29.2 Å². The van der Waals surface area contributed by atoms with Crippen molar-refractivity contribution in [2.75, 3.05) is 13.1 Å². The number of aromatic nitrogens is 2. The molecule has 1 aliphatic heterocycles. The Labute approximate surface area is 155 Å². The molecule has 0 amide bonds. The summed E-state index contributed by atoms with van der Waals surface area (Å²) in [6.45, 7) is 1.58. The van der Waals surface area contributed by atoms with Crippen LogP contribution in [-0.2, 0) is 17.9 Å². The van der Waals surface area contributed by atoms with Gasteiger partial charge in [0.15, 0.2) is 0 Å². The maximum absolute atomic E-state index is 14.3. The monoisotopic (exact) mass is 369 g/mol. The van der Waals surface area contributed by atoms with Crippen molar-refractivity contribution in [2.45, 2.75) is 25.4 Å². The first kappa shape index (κ1) is 17.6. The van der Waals surface area contributed by atoms with Crippen LogP contribution in [0.3, 0.4) is 0 Å². The fourth-order valence-corrected chi connectivity index (χ4v) is 3.36. The first-order valence-electron chi connectivity index (χ1n) is 8.82. The first-order chi connectivity index (χ1) is 13.1. The molecule has 2 atom stereocenters. The van der Waals surface area contributed by atoms with E-state index in [2.05, 4.69) is 9.97 Å². The summed E-state index contributed by atoms with van der Waals surface area (Å²) in [6.07, 6.45) is -1.57. The van der Waals surface area contributed by atoms with Gasteiger partial charge < -0.3 is 14.8 Å². The number of benzene rings is 2. The summed E-state index contributed by atoms with van der Waals surface area (Å²) in [5.41, 5.74) is 3.00. The highest BCUT2D eigenvalue weighted by atomic mass is 19.1. The van der Waals surface area contributed by atoms with E-state index in [1.165, 1.54) is 0 Å². The SMILES string of the molecule is O=C(O)c1ccc(CN2C[C@@H](F)[C@@H](OCc3nc4ccccc4[nH]3)C2)cc1. The van der Waals surface area contributed by atoms with E-state index in [1.54, 1.807) is 24.3 Å². The molecule has 2 heterocycles. The zero-order chi connectivity index (χ0) is 18.8. The zero-order valence-corrected chi connectivity index (χ0v) is 14.6. The third kappa shape index (κ3) is 3.99. The summed E-state index contributed by atoms with van der Waals surface area (Å²) in [5.74, 6) is -0.267. The Morgan fingerprint density at radius 3 is 2.74 bits per heavy atom. The van der Waals surface area contributed by atoms with Crippen molar-refractivity contribution in [2.24, 2.45) is 0 Å². The van der Waals surface area contributed by atoms with Crippen molar-refractivity contribution >= 4 is 17.0 Å². The van der Waals surface area contributed by atoms with E-state index < -0.39 is 18.2 Å². The fourth-order valence-electron chi connectivity index (χ4n) is 3.36. The van der Waals surface area contributed by atoms with E-state index in [4.69, 9.17) is 9.84 Å². The number of ether oxygens (including phenoxy) is 1. The van der Waals surface area contributed by atoms with Gasteiger partial charge in [0.25, 0.3) is 0 Å². The Kier molecular flexibility index (Phi) is 4.87. The molecule has 2 N–H and O–H groups in total. The van der Waals surface area contributed by atoms with Crippen molar-refractivity contribution in [3.05, 3.63) is 65.5 Å². The molecular formula is C20H20FN3O3. The van der Waals surface area contributed by atoms with Crippen LogP contribution in [0.15, 0.2) is 48.5 Å². The second-order valence-corrected chi connectivity index (χ2v) is 6.76. The van der Waals surface area contributed by atoms with Gasteiger partial charge in [0.1, 0.15) is 24.7 Å². The molecule has 1 aromatic heterocycles. The summed E-state index contributed by atoms with van der Waals surface area (Å²) in [4.78, 5) is 20.5. The largest absolute Gasteiger partial charge is 0.478 e. The third-order valence-corrected chi connectivity index (χ3v) is 4.75. The van der Waals surface area contributed by atoms with E-state index in [0.717, 1.165) is 16.6 Å². The number of imidazole rings is 1. The van der Waals surface area contributed by atoms with Gasteiger partial charge in [0, 0.05) is 19.6 Å². The Bertz CT molecular complexity index is 908. The van der Waals surface area contributed by atoms with E-state index in [0.29, 0.717) is 25.5 Å². The summed E-state index contributed by atoms with van der Waals surface area (Å²) in [7, 11) is 0. The molecule has 0 unspecified atom stereocenters. The van der Waals surface area contributed by atoms with Crippen molar-refractivity contribution in [1.82, 2.24) is 14.9 Å². The zero-order valence-electron chi connectivity index (χ0n) is 14.6. The van der Waals surface area contributed by atoms with Crippen LogP contribution < -0.4 is 0 Å². The number of aromatic carboxylic acids is 1. The van der Waals surface area contributed by atoms with Crippen molar-refractivity contribution < 1.29 is 19.0 Å². The van der Waals surface area contributed by atoms with Gasteiger partial charge in [0.05, 0.1) is 16.6 Å². The van der Waals surface area contributed by atoms with Gasteiger partial charge in [-0.1, -0.05) is 24.3 Å². The van der Waals surface area contributed by atoms with Crippen LogP contribution in [0.2, 0.25) is 0 Å². The Balaban J connectivity index is 1.33. The Morgan fingerprint density at radius 2 is 2.00 bits per heavy atom. The van der Waals surface area contributed by atoms with Gasteiger partial charge in [-0.05, 0) is 29.8 Å². The number of H-pyrrole nitrogens is 1. The van der Waals surface area contributed by atoms with Crippen LogP contribution in [0.4, 0.5) is 4.39 Å². The number of rotatable bonds is 6. The summed E-state index contributed by atoms with van der Waals surface area (Å²) in [5, 5.41) is 8.94. The summed E-state index contributed by atoms with van der Waals surface area (Å²) < 4.78 is 20.1. The van der Waals surface area contributed by atoms with Crippen LogP contribution in [-0.4, -0.2) is 51.3 Å². The first-order valence-corrected chi connectivity index (χ1v) is 8.82. The van der Waals surface area contributed by atoms with Gasteiger partial charge >= 0.3 is 5.97 Å². The second kappa shape index (κ2) is 7.46. The van der Waals surface area contributed by atoms with Gasteiger partial charge in [-0.2, -0.15) is 0 Å². The number of carbonyl (C=O) groups is 1. The molecule has 0 aliphatic carbocycles. The minimum absolute atomic E-state index is 0.237. The van der Waals surface area contributed by atoms with E-state index in [9.17, 15) is 9.18 Å². The highest BCUT2D eigenvalue weighted by Gasteiger charge is 2.33. The maximum atomic E-state index is 14.3. The fraction of sp³-hybridized carbons (Fsp3) is 0.300. The minimum atomic E-state index is -1.06. The number of halogens is 1. The molecule has 0 saturated carbocycles. The average Bonchev–Trinajstić information content (AvgIpc) is 3.23. The smallest absolute Gasteiger partial charge is 0.335 e. The summed E-state index contributed by atoms with van der Waals surface area (Å²) >= 11 is 0. The number of aromatic amines is 1. The molecule has 0 spiro atoms. The van der Waals surface area contributed by atoms with Crippen molar-refractivity contribution in [3.63, 3.8) is 0 Å². The summed E-state index contributed by atoms with van der Waals surface area (Å²) in [6, 6.07) is 14.4. The topological polar surface area (TPSA) is 78.4 Å². The van der Waals surface area contributed by atoms with Crippen LogP contribution in [0, 0.1) is 0 Å². The number of nitrogens with one attached hydrogen (secondary N) is 1. The lowest BCUT2D eigenvalue weighted by Gasteiger charge is -2.15. The molecular weight excluding hydrogens is 349 g/mol. The predicted molar refractivity (Wildman–Crippen MR) is 98.2 cm³/mol. The number of para-hydroxylation sites is 2. The molecule has 1 saturated heterocycles. The van der Waals surface area contributed by atoms with Gasteiger partial charge in [-0.15, -0.1) is 0 Å². The minimum Gasteiger partial charge on any atom is -0.478 e. The lowest BCUT2D eigenvalue weighted by Crippen LogP contribution is -2.24. The number of fused-ring (bicyclic) bond motifs is 1. The highest BCUT2D eigenvalue weighted by Crippen LogP contribution is 2.21. The Hall–Kier alpha value is -2.77. The molecule has 3 aromatic rings. The highest BCUT2D eigenvalue weighted by molar-refractivity contribution is 5.87. The average molecular weight is 369 g/mol. The molecule has 1 fully saturated rings. The lowest BCUT2D eigenvalue weighted by molar-refractivity contribution is 0.00864. The van der Waals surface area contributed by atoms with Crippen molar-refractivity contribution in [3.8, 4) is 0 Å². The second-order valence-electron chi connectivity index (χ2n) is 6.76. The number of hydrogen-bond acceptors (Lipinski definition) is 4. The van der Waals surface area contributed by atoms with E-state index in [-0.39, 0.29) is 12.2 Å². The molecule has 1 aliphatic rings. The molecule has 0 bridgehead atoms. The maximum Gasteiger partial charge on any atom is 0.335 e. The number of carboxylic acid groups (broad SMARTS) is 1. The molecule has 140 valence electrons. The molecule has 2 aromatic carbocycles. The number of likely N-dealkylation sites (tertiary alicyclic amines) is 1. The van der Waals surface area contributed by atoms with Gasteiger partial charge in [0.2, 0.25) is 0 Å². The van der Waals surface area contributed by atoms with Gasteiger partial charge in [-0.25, -0.2) is 14.2 Å². The standard InChI is InChI=1S/C20H20FN3O3/c21-15-10-24(9-13-5-7-14(8-6-13)20(25)26)11-18(15)27-12-19-22-16-3-1-2-4-17(16)23-19/h1-8,15,18H,9-12H2,(H,22,23)(H,25,26)/t15-,18+/m1/s1. The van der Waals surface area contributed by atoms with E-state index >= 15 is 0 Å². The quantitative estimate of drug-likeness (QED) is 0.698. The van der Waals surface area contributed by atoms with Crippen LogP contribution in [0.25, 0.3) is 11.0 Å². The number of hydrogen-bond donors (Lipinski definition) is 2. The van der Waals surface area contributed by atoms with Crippen LogP contribution >= 0.6 is 0 Å². The van der Waals surface area contributed by atoms with Crippen LogP contribution in [0.5, 0.6) is 0 Å². The van der Waals surface area contributed by atoms with Crippen LogP contribution in [0.1, 0.15) is 21.7 Å². The molecule has 4 rings (SSSR count). The normalized spacial score (nSPS) is 20.3. The van der Waals surface area contributed by atoms with Crippen molar-refractivity contribution in [1.29, 1.82) is 0 Å². The third-order valence-electron chi connectivity index (χ3n) is 4.75. The molecule has 0 radical (unpaired) electrons.